The Hall–Kier alpha value is -1.30. The molecule has 2 atom stereocenters. The largest absolute Gasteiger partial charge is 0.858 e. The molecule has 0 spiro atoms. The van der Waals surface area contributed by atoms with Crippen LogP contribution in [0.5, 0.6) is 0 Å². The number of hydrogen-bond donors (Lipinski definition) is 4. The van der Waals surface area contributed by atoms with Gasteiger partial charge >= 0.3 is 0 Å². The molecule has 26 heavy (non-hydrogen) atoms. The van der Waals surface area contributed by atoms with Crippen LogP contribution in [-0.2, 0) is 0 Å². The second-order valence-electron chi connectivity index (χ2n) is 7.47. The summed E-state index contributed by atoms with van der Waals surface area (Å²) in [5.41, 5.74) is 0. The Kier molecular flexibility index (Phi) is 10.8. The second kappa shape index (κ2) is 11.4. The van der Waals surface area contributed by atoms with Crippen LogP contribution in [0.3, 0.4) is 0 Å². The zero-order valence-electron chi connectivity index (χ0n) is 16.2. The van der Waals surface area contributed by atoms with E-state index < -0.39 is 12.2 Å². The first kappa shape index (κ1) is 24.7. The van der Waals surface area contributed by atoms with Gasteiger partial charge in [-0.2, -0.15) is 0 Å². The Morgan fingerprint density at radius 3 is 1.35 bits per heavy atom. The molecular formula is C16H34N4O6. The summed E-state index contributed by atoms with van der Waals surface area (Å²) in [7, 11) is 6.61. The lowest BCUT2D eigenvalue weighted by Crippen LogP contribution is -2.44. The molecule has 0 radical (unpaired) electrons. The molecule has 4 N–H and O–H groups in total. The third kappa shape index (κ3) is 12.1. The Labute approximate surface area is 155 Å². The Morgan fingerprint density at radius 2 is 1.08 bits per heavy atom. The van der Waals surface area contributed by atoms with E-state index in [0.29, 0.717) is 12.8 Å². The Bertz CT molecular complexity index is 426. The van der Waals surface area contributed by atoms with Crippen LogP contribution < -0.4 is 10.2 Å². The van der Waals surface area contributed by atoms with Gasteiger partial charge < -0.3 is 30.6 Å². The van der Waals surface area contributed by atoms with Crippen molar-refractivity contribution in [3.8, 4) is 0 Å². The van der Waals surface area contributed by atoms with Gasteiger partial charge in [0.25, 0.3) is 0 Å². The Morgan fingerprint density at radius 1 is 0.769 bits per heavy atom. The third-order valence-electron chi connectivity index (χ3n) is 3.53. The van der Waals surface area contributed by atoms with Crippen LogP contribution in [0.25, 0.3) is 0 Å². The predicted molar refractivity (Wildman–Crippen MR) is 93.5 cm³/mol. The van der Waals surface area contributed by atoms with E-state index in [1.54, 1.807) is 28.2 Å². The van der Waals surface area contributed by atoms with E-state index in [4.69, 9.17) is 10.2 Å². The molecule has 0 amide bonds. The summed E-state index contributed by atoms with van der Waals surface area (Å²) in [5.74, 6) is -0.654. The van der Waals surface area contributed by atoms with Crippen molar-refractivity contribution in [2.75, 3.05) is 54.5 Å². The van der Waals surface area contributed by atoms with Crippen LogP contribution in [0.4, 0.5) is 0 Å². The normalized spacial score (nSPS) is 16.6. The molecular weight excluding hydrogens is 344 g/mol. The molecule has 0 aromatic rings. The molecule has 0 rings (SSSR count). The van der Waals surface area contributed by atoms with Crippen molar-refractivity contribution in [3.63, 3.8) is 0 Å². The lowest BCUT2D eigenvalue weighted by atomic mass is 10.2. The number of nitrogens with zero attached hydrogens (tertiary/aromatic N) is 4. The maximum Gasteiger partial charge on any atom is 0.131 e. The van der Waals surface area contributed by atoms with Gasteiger partial charge in [-0.15, -0.1) is 10.2 Å². The highest BCUT2D eigenvalue weighted by Gasteiger charge is 2.20. The topological polar surface area (TPSA) is 152 Å². The van der Waals surface area contributed by atoms with Gasteiger partial charge in [0, 0.05) is 11.8 Å². The molecule has 154 valence electrons. The fourth-order valence-corrected chi connectivity index (χ4v) is 2.48. The SMILES string of the molecule is C[N+](C)(CC(O)CO)/N=C(\[O-])CCCC/C([O-])=N/[N+](C)(C)CC(O)CO. The highest BCUT2D eigenvalue weighted by molar-refractivity contribution is 5.71. The molecule has 0 aromatic carbocycles. The van der Waals surface area contributed by atoms with Gasteiger partial charge in [0.05, 0.1) is 41.4 Å². The summed E-state index contributed by atoms with van der Waals surface area (Å²) in [6.07, 6.45) is -0.534. The predicted octanol–water partition coefficient (Wildman–Crippen LogP) is -3.25. The summed E-state index contributed by atoms with van der Waals surface area (Å²) < 4.78 is -0.151. The van der Waals surface area contributed by atoms with Crippen LogP contribution in [0.15, 0.2) is 10.2 Å². The first-order chi connectivity index (χ1) is 11.9. The molecule has 0 saturated heterocycles. The van der Waals surface area contributed by atoms with Gasteiger partial charge in [0.2, 0.25) is 0 Å². The van der Waals surface area contributed by atoms with E-state index in [-0.39, 0.29) is 60.1 Å². The monoisotopic (exact) mass is 378 g/mol. The number of quaternary nitrogens is 2. The van der Waals surface area contributed by atoms with Crippen molar-refractivity contribution in [2.24, 2.45) is 10.2 Å². The number of unbranched alkanes of at least 4 members (excludes halogenated alkanes) is 1. The van der Waals surface area contributed by atoms with Crippen molar-refractivity contribution in [1.29, 1.82) is 0 Å². The van der Waals surface area contributed by atoms with E-state index in [9.17, 15) is 20.4 Å². The maximum absolute atomic E-state index is 11.9. The van der Waals surface area contributed by atoms with Gasteiger partial charge in [-0.25, -0.2) is 9.18 Å². The number of aliphatic hydroxyl groups excluding tert-OH is 4. The highest BCUT2D eigenvalue weighted by atomic mass is 16.3. The van der Waals surface area contributed by atoms with E-state index in [0.717, 1.165) is 0 Å². The van der Waals surface area contributed by atoms with Gasteiger partial charge in [0.1, 0.15) is 25.3 Å². The van der Waals surface area contributed by atoms with E-state index in [2.05, 4.69) is 10.2 Å². The van der Waals surface area contributed by atoms with Crippen molar-refractivity contribution in [3.05, 3.63) is 0 Å². The molecule has 0 bridgehead atoms. The zero-order valence-corrected chi connectivity index (χ0v) is 16.2. The minimum Gasteiger partial charge on any atom is -0.858 e. The zero-order chi connectivity index (χ0) is 20.4. The van der Waals surface area contributed by atoms with E-state index >= 15 is 0 Å². The van der Waals surface area contributed by atoms with Crippen molar-refractivity contribution in [2.45, 2.75) is 37.9 Å². The third-order valence-corrected chi connectivity index (χ3v) is 3.53. The van der Waals surface area contributed by atoms with Gasteiger partial charge in [-0.05, 0) is 25.7 Å². The lowest BCUT2D eigenvalue weighted by Gasteiger charge is -2.27. The average molecular weight is 378 g/mol. The summed E-state index contributed by atoms with van der Waals surface area (Å²) in [4.78, 5) is 0. The summed E-state index contributed by atoms with van der Waals surface area (Å²) >= 11 is 0. The van der Waals surface area contributed by atoms with Gasteiger partial charge in [0.15, 0.2) is 0 Å². The van der Waals surface area contributed by atoms with Crippen molar-refractivity contribution >= 4 is 11.8 Å². The fourth-order valence-electron chi connectivity index (χ4n) is 2.48. The summed E-state index contributed by atoms with van der Waals surface area (Å²) in [6.45, 7) is -0.513. The van der Waals surface area contributed by atoms with Crippen LogP contribution in [0.1, 0.15) is 25.7 Å². The number of aliphatic hydroxyl groups is 4. The minimum absolute atomic E-state index is 0.0757. The Balaban J connectivity index is 4.35. The van der Waals surface area contributed by atoms with Gasteiger partial charge in [-0.1, -0.05) is 0 Å². The number of rotatable bonds is 13. The molecule has 10 heteroatoms. The molecule has 2 unspecified atom stereocenters. The molecule has 0 aliphatic carbocycles. The van der Waals surface area contributed by atoms with Crippen LogP contribution in [0, 0.1) is 0 Å². The molecule has 0 saturated carbocycles. The van der Waals surface area contributed by atoms with Crippen LogP contribution in [-0.4, -0.2) is 108 Å². The fraction of sp³-hybridized carbons (Fsp3) is 0.875. The minimum atomic E-state index is -0.938. The second-order valence-corrected chi connectivity index (χ2v) is 7.47. The van der Waals surface area contributed by atoms with Crippen LogP contribution >= 0.6 is 0 Å². The summed E-state index contributed by atoms with van der Waals surface area (Å²) in [6, 6.07) is 0. The molecule has 0 fully saturated rings. The van der Waals surface area contributed by atoms with E-state index in [1.165, 1.54) is 0 Å². The molecule has 0 aliphatic rings. The maximum atomic E-state index is 11.9. The first-order valence-corrected chi connectivity index (χ1v) is 8.67. The van der Waals surface area contributed by atoms with Crippen molar-refractivity contribution in [1.82, 2.24) is 0 Å². The average Bonchev–Trinajstić information content (AvgIpc) is 2.49. The summed E-state index contributed by atoms with van der Waals surface area (Å²) in [5, 5.41) is 68.2. The smallest absolute Gasteiger partial charge is 0.131 e. The number of hydrogen-bond acceptors (Lipinski definition) is 8. The number of likely N-dealkylation sites (N-methyl/N-ethyl adjacent to an activating group) is 2. The molecule has 10 nitrogen and oxygen atoms in total. The molecule has 0 aliphatic heterocycles. The quantitative estimate of drug-likeness (QED) is 0.0869. The van der Waals surface area contributed by atoms with Gasteiger partial charge in [-0.3, -0.25) is 0 Å². The standard InChI is InChI=1S/C16H34N4O6/c1-19(2,9-13(23)11-21)17-15(25)7-5-6-8-16(26)18-20(3,4)10-14(24)12-22/h13-14,21-24H,5-12H2,1-4H3. The van der Waals surface area contributed by atoms with E-state index in [1.807, 2.05) is 0 Å². The molecule has 0 heterocycles. The van der Waals surface area contributed by atoms with Crippen molar-refractivity contribution < 1.29 is 39.8 Å². The highest BCUT2D eigenvalue weighted by Crippen LogP contribution is 2.07. The first-order valence-electron chi connectivity index (χ1n) is 8.67. The lowest BCUT2D eigenvalue weighted by molar-refractivity contribution is -0.901. The molecule has 0 aromatic heterocycles. The van der Waals surface area contributed by atoms with Crippen LogP contribution in [0.2, 0.25) is 0 Å².